The molecule has 1 aromatic heterocycles. The number of carbonyl (C=O) groups excluding carboxylic acids is 3. The van der Waals surface area contributed by atoms with Gasteiger partial charge in [-0.2, -0.15) is 0 Å². The number of halogens is 2. The number of aromatic nitrogens is 2. The number of H-pyrrole nitrogens is 1. The van der Waals surface area contributed by atoms with Crippen LogP contribution in [0.15, 0.2) is 23.0 Å². The number of ether oxygens (including phenoxy) is 2. The second-order valence-electron chi connectivity index (χ2n) is 13.9. The first-order valence-corrected chi connectivity index (χ1v) is 16.3. The Bertz CT molecular complexity index is 1470. The number of hydrogen-bond donors (Lipinski definition) is 2. The number of alkyl halides is 2. The van der Waals surface area contributed by atoms with Crippen LogP contribution in [-0.4, -0.2) is 70.4 Å². The Labute approximate surface area is 269 Å². The maximum Gasteiger partial charge on any atom is 0.408 e. The highest BCUT2D eigenvalue weighted by Crippen LogP contribution is 2.53. The number of methoxy groups -OCH3 is 1. The van der Waals surface area contributed by atoms with E-state index in [2.05, 4.69) is 15.3 Å². The molecule has 2 N–H and O–H groups in total. The van der Waals surface area contributed by atoms with Crippen molar-refractivity contribution >= 4 is 28.8 Å². The highest BCUT2D eigenvalue weighted by Gasteiger charge is 2.59. The van der Waals surface area contributed by atoms with Gasteiger partial charge in [0.15, 0.2) is 5.78 Å². The lowest BCUT2D eigenvalue weighted by Crippen LogP contribution is -2.57. The fourth-order valence-corrected chi connectivity index (χ4v) is 6.89. The number of rotatable bonds is 14. The lowest BCUT2D eigenvalue weighted by atomic mass is 9.85. The van der Waals surface area contributed by atoms with Crippen molar-refractivity contribution in [1.29, 1.82) is 0 Å². The van der Waals surface area contributed by atoms with Crippen LogP contribution in [0, 0.1) is 17.3 Å². The average Bonchev–Trinajstić information content (AvgIpc) is 3.43. The molecule has 1 aromatic carbocycles. The van der Waals surface area contributed by atoms with Crippen molar-refractivity contribution in [3.63, 3.8) is 0 Å². The number of carbonyl (C=O) groups is 3. The molecule has 4 rings (SSSR count). The molecule has 46 heavy (non-hydrogen) atoms. The van der Waals surface area contributed by atoms with E-state index in [1.807, 2.05) is 6.92 Å². The van der Waals surface area contributed by atoms with Gasteiger partial charge in [-0.3, -0.25) is 14.4 Å². The van der Waals surface area contributed by atoms with E-state index in [1.165, 1.54) is 6.92 Å². The van der Waals surface area contributed by atoms with E-state index in [0.717, 1.165) is 12.8 Å². The highest BCUT2D eigenvalue weighted by atomic mass is 19.3. The number of ketones is 1. The summed E-state index contributed by atoms with van der Waals surface area (Å²) in [4.78, 5) is 60.7. The zero-order valence-electron chi connectivity index (χ0n) is 27.8. The topological polar surface area (TPSA) is 131 Å². The summed E-state index contributed by atoms with van der Waals surface area (Å²) >= 11 is 0. The Balaban J connectivity index is 1.32. The number of amides is 2. The van der Waals surface area contributed by atoms with Crippen LogP contribution in [0.5, 0.6) is 5.75 Å². The van der Waals surface area contributed by atoms with Gasteiger partial charge in [-0.05, 0) is 62.5 Å². The molecule has 2 amide bonds. The minimum atomic E-state index is -2.66. The van der Waals surface area contributed by atoms with E-state index in [1.54, 1.807) is 51.0 Å². The van der Waals surface area contributed by atoms with Crippen LogP contribution in [0.1, 0.15) is 91.7 Å². The minimum absolute atomic E-state index is 0.0599. The minimum Gasteiger partial charge on any atom is -0.497 e. The van der Waals surface area contributed by atoms with Gasteiger partial charge in [0, 0.05) is 24.9 Å². The molecule has 1 saturated carbocycles. The van der Waals surface area contributed by atoms with E-state index in [9.17, 15) is 28.0 Å². The molecule has 1 unspecified atom stereocenters. The summed E-state index contributed by atoms with van der Waals surface area (Å²) in [6, 6.07) is 3.75. The maximum atomic E-state index is 13.7. The van der Waals surface area contributed by atoms with E-state index >= 15 is 0 Å². The zero-order valence-corrected chi connectivity index (χ0v) is 27.8. The molecule has 10 nitrogen and oxygen atoms in total. The Kier molecular flexibility index (Phi) is 11.1. The number of nitrogens with zero attached hydrogens (tertiary/aromatic N) is 2. The molecule has 2 heterocycles. The first-order chi connectivity index (χ1) is 21.7. The third-order valence-electron chi connectivity index (χ3n) is 9.53. The van der Waals surface area contributed by atoms with Crippen molar-refractivity contribution in [3.8, 4) is 5.75 Å². The summed E-state index contributed by atoms with van der Waals surface area (Å²) in [6.07, 6.45) is 0.891. The first kappa shape index (κ1) is 35.3. The van der Waals surface area contributed by atoms with Crippen LogP contribution in [-0.2, 0) is 20.7 Å². The number of unbranched alkanes of at least 4 members (excludes halogenated alkanes) is 2. The van der Waals surface area contributed by atoms with Crippen LogP contribution in [0.25, 0.3) is 11.0 Å². The number of hydrogen-bond acceptors (Lipinski definition) is 7. The molecule has 1 aliphatic carbocycles. The summed E-state index contributed by atoms with van der Waals surface area (Å²) in [6.45, 7) is 9.30. The molecular weight excluding hydrogens is 598 g/mol. The molecular formula is C34H48F2N4O6. The Morgan fingerprint density at radius 3 is 2.57 bits per heavy atom. The summed E-state index contributed by atoms with van der Waals surface area (Å²) in [5, 5.41) is 2.68. The van der Waals surface area contributed by atoms with E-state index < -0.39 is 42.0 Å². The first-order valence-electron chi connectivity index (χ1n) is 16.3. The highest BCUT2D eigenvalue weighted by molar-refractivity contribution is 5.92. The fourth-order valence-electron chi connectivity index (χ4n) is 6.89. The number of likely N-dealkylation sites (tertiary alicyclic amines) is 1. The second kappa shape index (κ2) is 14.5. The van der Waals surface area contributed by atoms with Gasteiger partial charge < -0.3 is 24.7 Å². The van der Waals surface area contributed by atoms with Crippen LogP contribution in [0.3, 0.4) is 0 Å². The molecule has 0 spiro atoms. The molecule has 12 heteroatoms. The summed E-state index contributed by atoms with van der Waals surface area (Å²) in [7, 11) is 1.55. The molecule has 0 radical (unpaired) electrons. The van der Waals surface area contributed by atoms with Gasteiger partial charge >= 0.3 is 6.09 Å². The second-order valence-corrected chi connectivity index (χ2v) is 13.9. The van der Waals surface area contributed by atoms with Crippen LogP contribution >= 0.6 is 0 Å². The number of Topliss-reactive ketones (excluding diaryl/α,β-unsaturated/α-hetero) is 1. The third kappa shape index (κ3) is 8.22. The van der Waals surface area contributed by atoms with Crippen molar-refractivity contribution in [3.05, 3.63) is 34.2 Å². The van der Waals surface area contributed by atoms with Crippen LogP contribution in [0.4, 0.5) is 13.6 Å². The van der Waals surface area contributed by atoms with Gasteiger partial charge in [-0.15, -0.1) is 0 Å². The Morgan fingerprint density at radius 2 is 1.93 bits per heavy atom. The van der Waals surface area contributed by atoms with Crippen LogP contribution < -0.4 is 15.6 Å². The monoisotopic (exact) mass is 646 g/mol. The Hall–Kier alpha value is -3.57. The predicted octanol–water partition coefficient (Wildman–Crippen LogP) is 5.81. The third-order valence-corrected chi connectivity index (χ3v) is 9.53. The van der Waals surface area contributed by atoms with Gasteiger partial charge in [0.1, 0.15) is 23.1 Å². The largest absolute Gasteiger partial charge is 0.497 e. The molecule has 5 atom stereocenters. The van der Waals surface area contributed by atoms with E-state index in [0.29, 0.717) is 67.5 Å². The normalized spacial score (nSPS) is 23.4. The van der Waals surface area contributed by atoms with Crippen molar-refractivity contribution in [2.24, 2.45) is 17.3 Å². The van der Waals surface area contributed by atoms with E-state index in [4.69, 9.17) is 9.47 Å². The number of benzene rings is 1. The van der Waals surface area contributed by atoms with Crippen molar-refractivity contribution in [2.75, 3.05) is 13.7 Å². The molecule has 0 bridgehead atoms. The molecule has 1 aliphatic heterocycles. The van der Waals surface area contributed by atoms with E-state index in [-0.39, 0.29) is 29.1 Å². The SMILES string of the molecule is CC[C@@H]1CCN(C(=O)C(NC(=O)O[C@]2(CC(F)F)C[C@H]2CCCCCc2nc3ccc(OC)cc3[nH]c2=O)C(C)(C)C)[C@@H]1C(C)=O. The lowest BCUT2D eigenvalue weighted by Gasteiger charge is -2.36. The maximum absolute atomic E-state index is 13.7. The predicted molar refractivity (Wildman–Crippen MR) is 170 cm³/mol. The summed E-state index contributed by atoms with van der Waals surface area (Å²) in [5.41, 5.74) is -0.550. The Morgan fingerprint density at radius 1 is 1.20 bits per heavy atom. The summed E-state index contributed by atoms with van der Waals surface area (Å²) < 4.78 is 38.2. The fraction of sp³-hybridized carbons (Fsp3) is 0.676. The lowest BCUT2D eigenvalue weighted by molar-refractivity contribution is -0.141. The molecule has 254 valence electrons. The van der Waals surface area contributed by atoms with Crippen molar-refractivity contribution in [2.45, 2.75) is 117 Å². The molecule has 2 aliphatic rings. The van der Waals surface area contributed by atoms with Crippen LogP contribution in [0.2, 0.25) is 0 Å². The number of fused-ring (bicyclic) bond motifs is 1. The quantitative estimate of drug-likeness (QED) is 0.248. The van der Waals surface area contributed by atoms with Crippen molar-refractivity contribution < 1.29 is 32.6 Å². The standard InChI is InChI=1S/C34H48F2N4O6/c1-7-21-15-16-40(28(21)20(2)41)31(43)29(33(3,4)5)39-32(44)46-34(19-27(35)36)18-22(34)11-9-8-10-12-25-30(42)38-26-17-23(45-6)13-14-24(26)37-25/h13-14,17,21-22,27-29H,7-12,15-16,18-19H2,1-6H3,(H,38,42)(H,39,44)/t21-,22-,28-,29?,34+/m1/s1. The zero-order chi connectivity index (χ0) is 33.8. The van der Waals surface area contributed by atoms with Crippen molar-refractivity contribution in [1.82, 2.24) is 20.2 Å². The number of aryl methyl sites for hydroxylation is 1. The number of aromatic amines is 1. The molecule has 2 fully saturated rings. The molecule has 2 aromatic rings. The number of alkyl carbamates (subject to hydrolysis) is 1. The van der Waals surface area contributed by atoms with Gasteiger partial charge in [-0.1, -0.05) is 47.0 Å². The summed E-state index contributed by atoms with van der Waals surface area (Å²) in [5.74, 6) is 0.00453. The van der Waals surface area contributed by atoms with Gasteiger partial charge in [0.05, 0.1) is 24.2 Å². The van der Waals surface area contributed by atoms with Gasteiger partial charge in [0.25, 0.3) is 5.56 Å². The number of nitrogens with one attached hydrogen (secondary N) is 2. The molecule has 1 saturated heterocycles. The van der Waals surface area contributed by atoms with Gasteiger partial charge in [-0.25, -0.2) is 18.6 Å². The van der Waals surface area contributed by atoms with Gasteiger partial charge in [0.2, 0.25) is 12.3 Å². The smallest absolute Gasteiger partial charge is 0.408 e. The average molecular weight is 647 g/mol.